The van der Waals surface area contributed by atoms with Crippen LogP contribution in [0.1, 0.15) is 16.1 Å². The second kappa shape index (κ2) is 8.99. The van der Waals surface area contributed by atoms with Crippen LogP contribution < -0.4 is 0 Å². The fraction of sp³-hybridized carbons (Fsp3) is 0.143. The monoisotopic (exact) mass is 456 g/mol. The number of ether oxygens (including phenoxy) is 1. The number of hydrogen-bond acceptors (Lipinski definition) is 7. The van der Waals surface area contributed by atoms with E-state index in [1.165, 1.54) is 7.11 Å². The van der Waals surface area contributed by atoms with Gasteiger partial charge in [-0.15, -0.1) is 21.5 Å². The van der Waals surface area contributed by atoms with E-state index in [4.69, 9.17) is 21.3 Å². The minimum absolute atomic E-state index is 0.349. The second-order valence-corrected chi connectivity index (χ2v) is 8.55. The fourth-order valence-electron chi connectivity index (χ4n) is 2.83. The lowest BCUT2D eigenvalue weighted by molar-refractivity contribution is 0.0601. The lowest BCUT2D eigenvalue weighted by Gasteiger charge is -2.04. The number of carbonyl (C=O) groups is 1. The molecule has 6 nitrogen and oxygen atoms in total. The summed E-state index contributed by atoms with van der Waals surface area (Å²) < 4.78 is 6.67. The van der Waals surface area contributed by atoms with Crippen LogP contribution >= 0.6 is 34.7 Å². The first-order valence-corrected chi connectivity index (χ1v) is 11.2. The van der Waals surface area contributed by atoms with Crippen molar-refractivity contribution in [3.8, 4) is 22.0 Å². The maximum Gasteiger partial charge on any atom is 0.337 e. The van der Waals surface area contributed by atoms with E-state index in [9.17, 15) is 4.79 Å². The van der Waals surface area contributed by atoms with Gasteiger partial charge in [0.15, 0.2) is 11.0 Å². The van der Waals surface area contributed by atoms with Crippen molar-refractivity contribution in [1.82, 2.24) is 19.7 Å². The van der Waals surface area contributed by atoms with Crippen LogP contribution in [0, 0.1) is 0 Å². The van der Waals surface area contributed by atoms with E-state index in [1.54, 1.807) is 35.2 Å². The first-order valence-electron chi connectivity index (χ1n) is 8.97. The van der Waals surface area contributed by atoms with Crippen molar-refractivity contribution in [3.63, 3.8) is 0 Å². The number of hydrogen-bond donors (Lipinski definition) is 0. The molecular formula is C21H17ClN4O2S2. The van der Waals surface area contributed by atoms with Crippen LogP contribution in [-0.2, 0) is 17.5 Å². The zero-order chi connectivity index (χ0) is 21.1. The quantitative estimate of drug-likeness (QED) is 0.288. The molecule has 0 unspecified atom stereocenters. The average molecular weight is 457 g/mol. The third-order valence-corrected chi connectivity index (χ3v) is 6.73. The highest BCUT2D eigenvalue weighted by molar-refractivity contribution is 7.98. The molecule has 2 aromatic heterocycles. The summed E-state index contributed by atoms with van der Waals surface area (Å²) in [5.74, 6) is 1.05. The number of methoxy groups -OCH3 is 1. The molecule has 4 rings (SSSR count). The molecule has 0 atom stereocenters. The molecule has 0 saturated heterocycles. The summed E-state index contributed by atoms with van der Waals surface area (Å²) in [6.45, 7) is 0. The van der Waals surface area contributed by atoms with Gasteiger partial charge in [0.1, 0.15) is 5.01 Å². The number of halogens is 1. The lowest BCUT2D eigenvalue weighted by Crippen LogP contribution is -2.00. The van der Waals surface area contributed by atoms with E-state index in [-0.39, 0.29) is 5.97 Å². The molecule has 0 amide bonds. The number of benzene rings is 2. The van der Waals surface area contributed by atoms with Crippen molar-refractivity contribution in [3.05, 3.63) is 70.2 Å². The maximum atomic E-state index is 11.6. The predicted molar refractivity (Wildman–Crippen MR) is 120 cm³/mol. The molecule has 0 aliphatic rings. The largest absolute Gasteiger partial charge is 0.465 e. The summed E-state index contributed by atoms with van der Waals surface area (Å²) in [7, 11) is 3.30. The standard InChI is InChI=1S/C21H17ClN4O2S2/c1-26-18(16-5-3-4-6-17(16)22)24-25-21(26)30-12-15-11-29-19(23-15)13-7-9-14(10-8-13)20(27)28-2/h3-11H,12H2,1-2H3. The molecule has 9 heteroatoms. The van der Waals surface area contributed by atoms with Gasteiger partial charge in [0, 0.05) is 29.3 Å². The Morgan fingerprint density at radius 1 is 1.17 bits per heavy atom. The van der Waals surface area contributed by atoms with Crippen molar-refractivity contribution in [1.29, 1.82) is 0 Å². The van der Waals surface area contributed by atoms with Crippen LogP contribution in [0.4, 0.5) is 0 Å². The minimum atomic E-state index is -0.349. The topological polar surface area (TPSA) is 69.9 Å². The van der Waals surface area contributed by atoms with Crippen molar-refractivity contribution in [2.75, 3.05) is 7.11 Å². The highest BCUT2D eigenvalue weighted by Gasteiger charge is 2.14. The molecule has 0 aliphatic carbocycles. The van der Waals surface area contributed by atoms with Gasteiger partial charge in [-0.25, -0.2) is 9.78 Å². The Bertz CT molecular complexity index is 1190. The van der Waals surface area contributed by atoms with Gasteiger partial charge in [0.05, 0.1) is 23.4 Å². The first-order chi connectivity index (χ1) is 14.6. The summed E-state index contributed by atoms with van der Waals surface area (Å²) >= 11 is 9.42. The molecule has 0 bridgehead atoms. The summed E-state index contributed by atoms with van der Waals surface area (Å²) in [4.78, 5) is 16.3. The molecule has 4 aromatic rings. The van der Waals surface area contributed by atoms with Crippen molar-refractivity contribution < 1.29 is 9.53 Å². The van der Waals surface area contributed by atoms with Gasteiger partial charge in [-0.1, -0.05) is 47.6 Å². The first kappa shape index (κ1) is 20.6. The molecule has 0 radical (unpaired) electrons. The molecule has 0 N–H and O–H groups in total. The van der Waals surface area contributed by atoms with E-state index in [0.717, 1.165) is 32.8 Å². The predicted octanol–water partition coefficient (Wildman–Crippen LogP) is 5.34. The van der Waals surface area contributed by atoms with Gasteiger partial charge in [0.25, 0.3) is 0 Å². The minimum Gasteiger partial charge on any atom is -0.465 e. The Morgan fingerprint density at radius 2 is 1.93 bits per heavy atom. The molecule has 0 fully saturated rings. The van der Waals surface area contributed by atoms with Crippen LogP contribution in [-0.4, -0.2) is 32.8 Å². The molecule has 30 heavy (non-hydrogen) atoms. The van der Waals surface area contributed by atoms with E-state index in [1.807, 2.05) is 53.4 Å². The van der Waals surface area contributed by atoms with Crippen LogP contribution in [0.2, 0.25) is 5.02 Å². The highest BCUT2D eigenvalue weighted by atomic mass is 35.5. The Balaban J connectivity index is 1.45. The molecule has 0 spiro atoms. The van der Waals surface area contributed by atoms with Gasteiger partial charge < -0.3 is 9.30 Å². The van der Waals surface area contributed by atoms with Gasteiger partial charge in [-0.2, -0.15) is 0 Å². The SMILES string of the molecule is COC(=O)c1ccc(-c2nc(CSc3nnc(-c4ccccc4Cl)n3C)cs2)cc1. The Labute approximate surface area is 186 Å². The zero-order valence-electron chi connectivity index (χ0n) is 16.2. The number of thioether (sulfide) groups is 1. The number of nitrogens with zero attached hydrogens (tertiary/aromatic N) is 4. The highest BCUT2D eigenvalue weighted by Crippen LogP contribution is 2.31. The molecule has 152 valence electrons. The van der Waals surface area contributed by atoms with Gasteiger partial charge in [-0.05, 0) is 24.3 Å². The molecule has 0 saturated carbocycles. The van der Waals surface area contributed by atoms with E-state index < -0.39 is 0 Å². The van der Waals surface area contributed by atoms with Gasteiger partial charge >= 0.3 is 5.97 Å². The number of carbonyl (C=O) groups excluding carboxylic acids is 1. The second-order valence-electron chi connectivity index (χ2n) is 6.35. The lowest BCUT2D eigenvalue weighted by atomic mass is 10.1. The zero-order valence-corrected chi connectivity index (χ0v) is 18.6. The smallest absolute Gasteiger partial charge is 0.337 e. The maximum absolute atomic E-state index is 11.6. The number of thiazole rings is 1. The Kier molecular flexibility index (Phi) is 6.17. The summed E-state index contributed by atoms with van der Waals surface area (Å²) in [5.41, 5.74) is 3.29. The third kappa shape index (κ3) is 4.26. The van der Waals surface area contributed by atoms with Gasteiger partial charge in [-0.3, -0.25) is 0 Å². The van der Waals surface area contributed by atoms with Crippen LogP contribution in [0.25, 0.3) is 22.0 Å². The number of aromatic nitrogens is 4. The van der Waals surface area contributed by atoms with Crippen LogP contribution in [0.3, 0.4) is 0 Å². The Hall–Kier alpha value is -2.68. The number of rotatable bonds is 6. The van der Waals surface area contributed by atoms with Crippen molar-refractivity contribution in [2.45, 2.75) is 10.9 Å². The normalized spacial score (nSPS) is 10.9. The summed E-state index contributed by atoms with van der Waals surface area (Å²) in [6.07, 6.45) is 0. The van der Waals surface area contributed by atoms with Crippen molar-refractivity contribution in [2.24, 2.45) is 7.05 Å². The summed E-state index contributed by atoms with van der Waals surface area (Å²) in [5, 5.41) is 13.0. The summed E-state index contributed by atoms with van der Waals surface area (Å²) in [6, 6.07) is 14.8. The molecule has 2 heterocycles. The van der Waals surface area contributed by atoms with E-state index in [2.05, 4.69) is 10.2 Å². The van der Waals surface area contributed by atoms with Crippen molar-refractivity contribution >= 4 is 40.7 Å². The van der Waals surface area contributed by atoms with Crippen LogP contribution in [0.5, 0.6) is 0 Å². The van der Waals surface area contributed by atoms with E-state index >= 15 is 0 Å². The number of esters is 1. The molecule has 0 aliphatic heterocycles. The molecular weight excluding hydrogens is 440 g/mol. The van der Waals surface area contributed by atoms with Gasteiger partial charge in [0.2, 0.25) is 0 Å². The third-order valence-electron chi connectivity index (χ3n) is 4.40. The van der Waals surface area contributed by atoms with E-state index in [0.29, 0.717) is 16.3 Å². The average Bonchev–Trinajstić information content (AvgIpc) is 3.39. The Morgan fingerprint density at radius 3 is 2.67 bits per heavy atom. The molecule has 2 aromatic carbocycles. The fourth-order valence-corrected chi connectivity index (χ4v) is 4.78. The van der Waals surface area contributed by atoms with Crippen LogP contribution in [0.15, 0.2) is 59.1 Å².